The van der Waals surface area contributed by atoms with Gasteiger partial charge < -0.3 is 15.2 Å². The van der Waals surface area contributed by atoms with Crippen molar-refractivity contribution < 1.29 is 9.32 Å². The molecule has 1 aromatic carbocycles. The molecule has 3 rings (SSSR count). The summed E-state index contributed by atoms with van der Waals surface area (Å²) in [6.45, 7) is 5.23. The van der Waals surface area contributed by atoms with Gasteiger partial charge in [0, 0.05) is 17.4 Å². The number of amides is 1. The van der Waals surface area contributed by atoms with Crippen molar-refractivity contribution >= 4 is 46.5 Å². The van der Waals surface area contributed by atoms with Crippen LogP contribution in [-0.2, 0) is 4.79 Å². The van der Waals surface area contributed by atoms with Gasteiger partial charge in [-0.1, -0.05) is 29.4 Å². The van der Waals surface area contributed by atoms with E-state index in [0.717, 1.165) is 5.69 Å². The van der Waals surface area contributed by atoms with Crippen molar-refractivity contribution in [1.82, 2.24) is 15.1 Å². The van der Waals surface area contributed by atoms with E-state index in [1.54, 1.807) is 24.3 Å². The van der Waals surface area contributed by atoms with Crippen molar-refractivity contribution in [2.24, 2.45) is 0 Å². The normalized spacial score (nSPS) is 10.2. The van der Waals surface area contributed by atoms with E-state index >= 15 is 0 Å². The monoisotopic (exact) mass is 370 g/mol. The lowest BCUT2D eigenvalue weighted by Gasteiger charge is -2.10. The Morgan fingerprint density at radius 2 is 2.08 bits per heavy atom. The lowest BCUT2D eigenvalue weighted by molar-refractivity contribution is -0.111. The van der Waals surface area contributed by atoms with Crippen LogP contribution >= 0.6 is 11.6 Å². The summed E-state index contributed by atoms with van der Waals surface area (Å²) in [4.78, 5) is 19.8. The van der Waals surface area contributed by atoms with E-state index in [9.17, 15) is 4.79 Å². The lowest BCUT2D eigenvalue weighted by Crippen LogP contribution is -2.07. The minimum Gasteiger partial charge on any atom is -0.339 e. The number of aryl methyl sites for hydroxylation is 1. The molecular formula is C17H15ClN6O2. The SMILES string of the molecule is C=CC(=O)Nc1cccc(Nc2nc(Nc3cc(C)no3)ncc2Cl)c1. The molecule has 0 atom stereocenters. The maximum absolute atomic E-state index is 11.4. The van der Waals surface area contributed by atoms with Gasteiger partial charge in [0.2, 0.25) is 17.7 Å². The van der Waals surface area contributed by atoms with Gasteiger partial charge in [0.15, 0.2) is 5.82 Å². The summed E-state index contributed by atoms with van der Waals surface area (Å²) in [7, 11) is 0. The number of hydrogen-bond acceptors (Lipinski definition) is 7. The highest BCUT2D eigenvalue weighted by Gasteiger charge is 2.09. The number of hydrogen-bond donors (Lipinski definition) is 3. The van der Waals surface area contributed by atoms with Crippen LogP contribution in [0.15, 0.2) is 53.7 Å². The van der Waals surface area contributed by atoms with E-state index in [1.807, 2.05) is 13.0 Å². The van der Waals surface area contributed by atoms with Gasteiger partial charge in [0.25, 0.3) is 0 Å². The molecule has 0 spiro atoms. The summed E-state index contributed by atoms with van der Waals surface area (Å²) < 4.78 is 5.08. The van der Waals surface area contributed by atoms with Crippen LogP contribution < -0.4 is 16.0 Å². The minimum atomic E-state index is -0.295. The van der Waals surface area contributed by atoms with E-state index in [4.69, 9.17) is 16.1 Å². The van der Waals surface area contributed by atoms with Crippen molar-refractivity contribution in [3.8, 4) is 0 Å². The van der Waals surface area contributed by atoms with Crippen molar-refractivity contribution in [2.45, 2.75) is 6.92 Å². The van der Waals surface area contributed by atoms with Gasteiger partial charge in [-0.15, -0.1) is 0 Å². The predicted molar refractivity (Wildman–Crippen MR) is 100 cm³/mol. The Hall–Kier alpha value is -3.39. The Morgan fingerprint density at radius 1 is 1.27 bits per heavy atom. The molecule has 3 aromatic rings. The third-order valence-corrected chi connectivity index (χ3v) is 3.46. The van der Waals surface area contributed by atoms with Gasteiger partial charge in [0.05, 0.1) is 11.9 Å². The first kappa shape index (κ1) is 17.4. The molecular weight excluding hydrogens is 356 g/mol. The number of halogens is 1. The molecule has 0 saturated heterocycles. The number of carbonyl (C=O) groups is 1. The molecule has 0 bridgehead atoms. The maximum Gasteiger partial charge on any atom is 0.247 e. The van der Waals surface area contributed by atoms with Gasteiger partial charge in [-0.25, -0.2) is 4.98 Å². The molecule has 0 unspecified atom stereocenters. The molecule has 0 aliphatic rings. The fourth-order valence-corrected chi connectivity index (χ4v) is 2.19. The molecule has 0 saturated carbocycles. The van der Waals surface area contributed by atoms with Gasteiger partial charge in [-0.3, -0.25) is 10.1 Å². The smallest absolute Gasteiger partial charge is 0.247 e. The van der Waals surface area contributed by atoms with Gasteiger partial charge in [0.1, 0.15) is 5.02 Å². The zero-order chi connectivity index (χ0) is 18.5. The fraction of sp³-hybridized carbons (Fsp3) is 0.0588. The van der Waals surface area contributed by atoms with Gasteiger partial charge in [-0.05, 0) is 31.2 Å². The van der Waals surface area contributed by atoms with Gasteiger partial charge in [-0.2, -0.15) is 4.98 Å². The number of nitrogens with one attached hydrogen (secondary N) is 3. The van der Waals surface area contributed by atoms with E-state index in [1.165, 1.54) is 12.3 Å². The summed E-state index contributed by atoms with van der Waals surface area (Å²) >= 11 is 6.17. The Bertz CT molecular complexity index is 956. The van der Waals surface area contributed by atoms with E-state index in [2.05, 4.69) is 37.7 Å². The summed E-state index contributed by atoms with van der Waals surface area (Å²) in [5, 5.41) is 12.8. The van der Waals surface area contributed by atoms with E-state index in [0.29, 0.717) is 34.0 Å². The zero-order valence-corrected chi connectivity index (χ0v) is 14.5. The molecule has 0 radical (unpaired) electrons. The average Bonchev–Trinajstić information content (AvgIpc) is 3.03. The lowest BCUT2D eigenvalue weighted by atomic mass is 10.2. The highest BCUT2D eigenvalue weighted by molar-refractivity contribution is 6.32. The summed E-state index contributed by atoms with van der Waals surface area (Å²) in [5.41, 5.74) is 2.03. The highest BCUT2D eigenvalue weighted by atomic mass is 35.5. The Morgan fingerprint density at radius 3 is 2.81 bits per heavy atom. The average molecular weight is 371 g/mol. The van der Waals surface area contributed by atoms with Crippen LogP contribution in [0.5, 0.6) is 0 Å². The zero-order valence-electron chi connectivity index (χ0n) is 13.8. The summed E-state index contributed by atoms with van der Waals surface area (Å²) in [6.07, 6.45) is 2.66. The molecule has 2 aromatic heterocycles. The summed E-state index contributed by atoms with van der Waals surface area (Å²) in [6, 6.07) is 8.82. The number of anilines is 5. The number of aromatic nitrogens is 3. The maximum atomic E-state index is 11.4. The Labute approximate surface area is 154 Å². The fourth-order valence-electron chi connectivity index (χ4n) is 2.05. The number of carbonyl (C=O) groups excluding carboxylic acids is 1. The standard InChI is InChI=1S/C17H15ClN6O2/c1-3-14(25)20-11-5-4-6-12(8-11)21-16-13(18)9-19-17(23-16)22-15-7-10(2)24-26-15/h3-9H,1H2,2H3,(H,20,25)(H2,19,21,22,23). The van der Waals surface area contributed by atoms with Crippen molar-refractivity contribution in [3.63, 3.8) is 0 Å². The van der Waals surface area contributed by atoms with Crippen LogP contribution in [0.25, 0.3) is 0 Å². The second kappa shape index (κ2) is 7.66. The molecule has 0 aliphatic heterocycles. The van der Waals surface area contributed by atoms with Crippen LogP contribution in [0.4, 0.5) is 29.0 Å². The van der Waals surface area contributed by atoms with Crippen molar-refractivity contribution in [3.05, 3.63) is 59.9 Å². The van der Waals surface area contributed by atoms with Crippen molar-refractivity contribution in [2.75, 3.05) is 16.0 Å². The minimum absolute atomic E-state index is 0.295. The molecule has 9 heteroatoms. The molecule has 1 amide bonds. The first-order valence-electron chi connectivity index (χ1n) is 7.57. The van der Waals surface area contributed by atoms with Crippen LogP contribution in [0.2, 0.25) is 5.02 Å². The van der Waals surface area contributed by atoms with Crippen molar-refractivity contribution in [1.29, 1.82) is 0 Å². The topological polar surface area (TPSA) is 105 Å². The van der Waals surface area contributed by atoms with E-state index in [-0.39, 0.29) is 5.91 Å². The molecule has 8 nitrogen and oxygen atoms in total. The molecule has 132 valence electrons. The molecule has 2 heterocycles. The Balaban J connectivity index is 1.78. The number of benzene rings is 1. The largest absolute Gasteiger partial charge is 0.339 e. The third-order valence-electron chi connectivity index (χ3n) is 3.19. The van der Waals surface area contributed by atoms with Crippen LogP contribution in [-0.4, -0.2) is 21.0 Å². The van der Waals surface area contributed by atoms with Gasteiger partial charge >= 0.3 is 0 Å². The predicted octanol–water partition coefficient (Wildman–Crippen LogP) is 4.04. The third kappa shape index (κ3) is 4.37. The molecule has 0 aliphatic carbocycles. The second-order valence-corrected chi connectivity index (χ2v) is 5.65. The molecule has 26 heavy (non-hydrogen) atoms. The van der Waals surface area contributed by atoms with Crippen LogP contribution in [0, 0.1) is 6.92 Å². The molecule has 3 N–H and O–H groups in total. The second-order valence-electron chi connectivity index (χ2n) is 5.25. The first-order valence-corrected chi connectivity index (χ1v) is 7.94. The molecule has 0 fully saturated rings. The van der Waals surface area contributed by atoms with Crippen LogP contribution in [0.1, 0.15) is 5.69 Å². The number of rotatable bonds is 6. The number of nitrogens with zero attached hydrogens (tertiary/aromatic N) is 3. The van der Waals surface area contributed by atoms with E-state index < -0.39 is 0 Å². The Kier molecular flexibility index (Phi) is 5.14. The van der Waals surface area contributed by atoms with Crippen LogP contribution in [0.3, 0.4) is 0 Å². The highest BCUT2D eigenvalue weighted by Crippen LogP contribution is 2.26. The summed E-state index contributed by atoms with van der Waals surface area (Å²) in [5.74, 6) is 0.817. The first-order chi connectivity index (χ1) is 12.5. The quantitative estimate of drug-likeness (QED) is 0.562.